The van der Waals surface area contributed by atoms with Gasteiger partial charge in [-0.2, -0.15) is 5.10 Å². The molecule has 2 aromatic rings. The smallest absolute Gasteiger partial charge is 0.271 e. The molecule has 1 aromatic carbocycles. The summed E-state index contributed by atoms with van der Waals surface area (Å²) in [5, 5.41) is 9.88. The van der Waals surface area contributed by atoms with E-state index in [0.717, 1.165) is 24.8 Å². The van der Waals surface area contributed by atoms with Crippen LogP contribution in [-0.2, 0) is 11.3 Å². The highest BCUT2D eigenvalue weighted by molar-refractivity contribution is 6.06. The normalized spacial score (nSPS) is 27.0. The van der Waals surface area contributed by atoms with Crippen molar-refractivity contribution in [2.24, 2.45) is 11.8 Å². The minimum absolute atomic E-state index is 0.0158. The van der Waals surface area contributed by atoms with Gasteiger partial charge in [0.2, 0.25) is 5.91 Å². The lowest BCUT2D eigenvalue weighted by atomic mass is 9.75. The van der Waals surface area contributed by atoms with Gasteiger partial charge in [0.1, 0.15) is 5.69 Å². The quantitative estimate of drug-likeness (QED) is 0.519. The largest absolute Gasteiger partial charge is 0.349 e. The van der Waals surface area contributed by atoms with Crippen LogP contribution in [0.2, 0.25) is 0 Å². The van der Waals surface area contributed by atoms with E-state index < -0.39 is 5.92 Å². The fraction of sp³-hybridized carbons (Fsp3) is 0.500. The van der Waals surface area contributed by atoms with Crippen LogP contribution in [0.4, 0.5) is 5.69 Å². The van der Waals surface area contributed by atoms with Crippen molar-refractivity contribution in [1.82, 2.24) is 25.9 Å². The molecule has 4 N–H and O–H groups in total. The zero-order valence-corrected chi connectivity index (χ0v) is 18.8. The number of benzene rings is 1. The van der Waals surface area contributed by atoms with Crippen molar-refractivity contribution in [2.45, 2.75) is 57.7 Å². The van der Waals surface area contributed by atoms with Gasteiger partial charge in [-0.1, -0.05) is 37.1 Å². The number of rotatable bonds is 5. The summed E-state index contributed by atoms with van der Waals surface area (Å²) >= 11 is 0. The maximum absolute atomic E-state index is 13.4. The van der Waals surface area contributed by atoms with Crippen molar-refractivity contribution >= 4 is 23.3 Å². The predicted molar refractivity (Wildman–Crippen MR) is 123 cm³/mol. The summed E-state index contributed by atoms with van der Waals surface area (Å²) in [5.74, 6) is -1.23. The maximum atomic E-state index is 13.4. The summed E-state index contributed by atoms with van der Waals surface area (Å²) < 4.78 is 1.61. The zero-order valence-electron chi connectivity index (χ0n) is 18.8. The van der Waals surface area contributed by atoms with E-state index in [9.17, 15) is 14.4 Å². The van der Waals surface area contributed by atoms with Crippen LogP contribution in [0.3, 0.4) is 0 Å². The summed E-state index contributed by atoms with van der Waals surface area (Å²) in [7, 11) is 0. The molecule has 4 atom stereocenters. The Morgan fingerprint density at radius 3 is 2.58 bits per heavy atom. The molecule has 0 bridgehead atoms. The second-order valence-electron chi connectivity index (χ2n) is 9.34. The van der Waals surface area contributed by atoms with Crippen LogP contribution in [0.25, 0.3) is 0 Å². The van der Waals surface area contributed by atoms with Crippen LogP contribution in [-0.4, -0.2) is 40.0 Å². The molecule has 3 heterocycles. The molecule has 2 unspecified atom stereocenters. The van der Waals surface area contributed by atoms with Crippen LogP contribution >= 0.6 is 0 Å². The Morgan fingerprint density at radius 1 is 1.09 bits per heavy atom. The van der Waals surface area contributed by atoms with Gasteiger partial charge in [-0.3, -0.25) is 29.9 Å². The average Bonchev–Trinajstić information content (AvgIpc) is 3.46. The standard InChI is InChI=1S/C24H30N6O3/c1-14-12-19(29-28-14)15-6-8-16(9-7-15)22(31)17-4-2-3-5-18(17)23(32)27-20-13-26-30-11-10-25-24(33)21(20)30/h6-9,13-14,17-19,28-29H,2-5,10-12H2,1H3,(H,25,33)(H,27,32)/t14?,17-,18-,19?/m1/s1. The van der Waals surface area contributed by atoms with Crippen molar-refractivity contribution in [3.05, 3.63) is 47.3 Å². The van der Waals surface area contributed by atoms with Gasteiger partial charge in [0.15, 0.2) is 5.78 Å². The number of nitrogens with zero attached hydrogens (tertiary/aromatic N) is 2. The molecule has 33 heavy (non-hydrogen) atoms. The first-order valence-corrected chi connectivity index (χ1v) is 11.8. The Labute approximate surface area is 192 Å². The van der Waals surface area contributed by atoms with Crippen molar-refractivity contribution < 1.29 is 14.4 Å². The van der Waals surface area contributed by atoms with Crippen LogP contribution in [0.5, 0.6) is 0 Å². The second-order valence-corrected chi connectivity index (χ2v) is 9.34. The van der Waals surface area contributed by atoms with Crippen LogP contribution < -0.4 is 21.5 Å². The van der Waals surface area contributed by atoms with Crippen LogP contribution in [0.1, 0.15) is 71.5 Å². The highest BCUT2D eigenvalue weighted by Gasteiger charge is 2.37. The molecular formula is C24H30N6O3. The molecular weight excluding hydrogens is 420 g/mol. The molecule has 174 valence electrons. The van der Waals surface area contributed by atoms with E-state index in [2.05, 4.69) is 33.5 Å². The first-order chi connectivity index (χ1) is 16.0. The number of carbonyl (C=O) groups is 3. The molecule has 9 heteroatoms. The number of amides is 2. The van der Waals surface area contributed by atoms with Gasteiger partial charge in [-0.05, 0) is 31.7 Å². The molecule has 2 fully saturated rings. The topological polar surface area (TPSA) is 117 Å². The fourth-order valence-corrected chi connectivity index (χ4v) is 5.26. The summed E-state index contributed by atoms with van der Waals surface area (Å²) in [6.07, 6.45) is 5.70. The van der Waals surface area contributed by atoms with E-state index in [1.54, 1.807) is 4.68 Å². The van der Waals surface area contributed by atoms with Gasteiger partial charge < -0.3 is 10.6 Å². The monoisotopic (exact) mass is 450 g/mol. The maximum Gasteiger partial charge on any atom is 0.271 e. The molecule has 2 amide bonds. The Kier molecular flexibility index (Phi) is 5.99. The van der Waals surface area contributed by atoms with Crippen molar-refractivity contribution in [3.63, 3.8) is 0 Å². The summed E-state index contributed by atoms with van der Waals surface area (Å²) in [6.45, 7) is 3.22. The van der Waals surface area contributed by atoms with Gasteiger partial charge in [0.25, 0.3) is 5.91 Å². The minimum Gasteiger partial charge on any atom is -0.349 e. The van der Waals surface area contributed by atoms with E-state index in [1.165, 1.54) is 6.20 Å². The lowest BCUT2D eigenvalue weighted by Gasteiger charge is -2.29. The third kappa shape index (κ3) is 4.30. The first kappa shape index (κ1) is 21.8. The number of hydrogen-bond acceptors (Lipinski definition) is 6. The van der Waals surface area contributed by atoms with Gasteiger partial charge in [-0.25, -0.2) is 0 Å². The van der Waals surface area contributed by atoms with Gasteiger partial charge in [-0.15, -0.1) is 0 Å². The molecule has 1 saturated carbocycles. The Hall–Kier alpha value is -3.04. The van der Waals surface area contributed by atoms with Crippen LogP contribution in [0, 0.1) is 11.8 Å². The third-order valence-electron chi connectivity index (χ3n) is 7.05. The molecule has 1 aliphatic carbocycles. The minimum atomic E-state index is -0.422. The van der Waals surface area contributed by atoms with E-state index in [0.29, 0.717) is 48.9 Å². The van der Waals surface area contributed by atoms with E-state index in [4.69, 9.17) is 0 Å². The lowest BCUT2D eigenvalue weighted by molar-refractivity contribution is -0.122. The molecule has 0 spiro atoms. The number of carbonyl (C=O) groups excluding carboxylic acids is 3. The molecule has 9 nitrogen and oxygen atoms in total. The van der Waals surface area contributed by atoms with Gasteiger partial charge >= 0.3 is 0 Å². The number of nitrogens with one attached hydrogen (secondary N) is 4. The van der Waals surface area contributed by atoms with Crippen LogP contribution in [0.15, 0.2) is 30.5 Å². The SMILES string of the molecule is CC1CC(c2ccc(C(=O)[C@@H]3CCCC[C@H]3C(=O)Nc3cnn4c3C(=O)NCC4)cc2)NN1. The Bertz CT molecular complexity index is 1060. The summed E-state index contributed by atoms with van der Waals surface area (Å²) in [5.41, 5.74) is 9.07. The molecule has 3 aliphatic rings. The molecule has 5 rings (SSSR count). The number of anilines is 1. The fourth-order valence-electron chi connectivity index (χ4n) is 5.26. The molecule has 0 radical (unpaired) electrons. The predicted octanol–water partition coefficient (Wildman–Crippen LogP) is 2.18. The highest BCUT2D eigenvalue weighted by Crippen LogP contribution is 2.34. The number of hydrazine groups is 1. The highest BCUT2D eigenvalue weighted by atomic mass is 16.2. The van der Waals surface area contributed by atoms with Gasteiger partial charge in [0, 0.05) is 36.0 Å². The van der Waals surface area contributed by atoms with Gasteiger partial charge in [0.05, 0.1) is 18.4 Å². The van der Waals surface area contributed by atoms with E-state index >= 15 is 0 Å². The molecule has 2 aliphatic heterocycles. The van der Waals surface area contributed by atoms with E-state index in [-0.39, 0.29) is 29.6 Å². The van der Waals surface area contributed by atoms with E-state index in [1.807, 2.05) is 24.3 Å². The Morgan fingerprint density at radius 2 is 1.85 bits per heavy atom. The summed E-state index contributed by atoms with van der Waals surface area (Å²) in [6, 6.07) is 8.40. The number of aromatic nitrogens is 2. The average molecular weight is 451 g/mol. The van der Waals surface area contributed by atoms with Crippen molar-refractivity contribution in [1.29, 1.82) is 0 Å². The first-order valence-electron chi connectivity index (χ1n) is 11.8. The number of ketones is 1. The molecule has 1 aromatic heterocycles. The summed E-state index contributed by atoms with van der Waals surface area (Å²) in [4.78, 5) is 38.9. The Balaban J connectivity index is 1.30. The number of fused-ring (bicyclic) bond motifs is 1. The second kappa shape index (κ2) is 9.07. The van der Waals surface area contributed by atoms with Crippen molar-refractivity contribution in [2.75, 3.05) is 11.9 Å². The van der Waals surface area contributed by atoms with Crippen molar-refractivity contribution in [3.8, 4) is 0 Å². The molecule has 1 saturated heterocycles. The number of Topliss-reactive ketones (excluding diaryl/α,β-unsaturated/α-hetero) is 1. The lowest BCUT2D eigenvalue weighted by Crippen LogP contribution is -2.38. The number of hydrogen-bond donors (Lipinski definition) is 4. The third-order valence-corrected chi connectivity index (χ3v) is 7.05. The zero-order chi connectivity index (χ0) is 22.9.